The molecule has 0 amide bonds. The van der Waals surface area contributed by atoms with Crippen LogP contribution < -0.4 is 10.1 Å². The molecular weight excluding hydrogens is 336 g/mol. The fourth-order valence-corrected chi connectivity index (χ4v) is 4.61. The van der Waals surface area contributed by atoms with Gasteiger partial charge in [0.25, 0.3) is 10.0 Å². The third-order valence-electron chi connectivity index (χ3n) is 4.52. The molecule has 0 unspecified atom stereocenters. The van der Waals surface area contributed by atoms with E-state index >= 15 is 0 Å². The lowest BCUT2D eigenvalue weighted by molar-refractivity contribution is 0.164. The molecule has 0 bridgehead atoms. The largest absolute Gasteiger partial charge is 0.488 e. The maximum Gasteiger partial charge on any atom is 0.268 e. The van der Waals surface area contributed by atoms with Crippen LogP contribution in [0.3, 0.4) is 0 Å². The van der Waals surface area contributed by atoms with Gasteiger partial charge in [-0.1, -0.05) is 30.3 Å². The summed E-state index contributed by atoms with van der Waals surface area (Å²) >= 11 is 0. The van der Waals surface area contributed by atoms with Crippen LogP contribution in [0.4, 0.5) is 0 Å². The van der Waals surface area contributed by atoms with Gasteiger partial charge in [0.1, 0.15) is 17.4 Å². The number of nitrogens with one attached hydrogen (secondary N) is 1. The first-order valence-electron chi connectivity index (χ1n) is 8.44. The van der Waals surface area contributed by atoms with Gasteiger partial charge in [-0.25, -0.2) is 12.4 Å². The molecule has 0 aliphatic carbocycles. The first-order chi connectivity index (χ1) is 12.2. The predicted molar refractivity (Wildman–Crippen MR) is 97.5 cm³/mol. The first-order valence-corrected chi connectivity index (χ1v) is 9.88. The summed E-state index contributed by atoms with van der Waals surface area (Å²) in [7, 11) is -3.66. The van der Waals surface area contributed by atoms with Crippen molar-refractivity contribution < 1.29 is 13.2 Å². The number of para-hydroxylation sites is 1. The number of aromatic nitrogens is 1. The lowest BCUT2D eigenvalue weighted by atomic mass is 10.1. The van der Waals surface area contributed by atoms with E-state index in [0.717, 1.165) is 31.3 Å². The second-order valence-corrected chi connectivity index (χ2v) is 8.01. The van der Waals surface area contributed by atoms with Gasteiger partial charge in [0.15, 0.2) is 0 Å². The third-order valence-corrected chi connectivity index (χ3v) is 6.21. The molecule has 5 nitrogen and oxygen atoms in total. The summed E-state index contributed by atoms with van der Waals surface area (Å²) < 4.78 is 33.6. The van der Waals surface area contributed by atoms with Crippen LogP contribution in [0.25, 0.3) is 10.9 Å². The van der Waals surface area contributed by atoms with Gasteiger partial charge < -0.3 is 10.1 Å². The molecule has 0 saturated carbocycles. The van der Waals surface area contributed by atoms with Crippen molar-refractivity contribution in [1.29, 1.82) is 0 Å². The van der Waals surface area contributed by atoms with Crippen molar-refractivity contribution in [1.82, 2.24) is 9.29 Å². The molecule has 2 aromatic carbocycles. The molecule has 1 aliphatic rings. The van der Waals surface area contributed by atoms with Crippen LogP contribution in [0.1, 0.15) is 12.8 Å². The van der Waals surface area contributed by atoms with Crippen LogP contribution >= 0.6 is 0 Å². The third kappa shape index (κ3) is 3.03. The zero-order valence-electron chi connectivity index (χ0n) is 13.8. The number of nitrogens with zero attached hydrogens (tertiary/aromatic N) is 1. The molecule has 0 radical (unpaired) electrons. The zero-order chi connectivity index (χ0) is 17.3. The Morgan fingerprint density at radius 1 is 0.960 bits per heavy atom. The Kier molecular flexibility index (Phi) is 4.23. The number of piperidine rings is 1. The monoisotopic (exact) mass is 356 g/mol. The van der Waals surface area contributed by atoms with Gasteiger partial charge in [0, 0.05) is 11.6 Å². The molecule has 0 spiro atoms. The highest BCUT2D eigenvalue weighted by Gasteiger charge is 2.22. The van der Waals surface area contributed by atoms with Crippen LogP contribution in [-0.4, -0.2) is 31.6 Å². The summed E-state index contributed by atoms with van der Waals surface area (Å²) in [6, 6.07) is 15.9. The van der Waals surface area contributed by atoms with Crippen LogP contribution in [0.2, 0.25) is 0 Å². The molecule has 130 valence electrons. The van der Waals surface area contributed by atoms with Gasteiger partial charge in [0.05, 0.1) is 4.90 Å². The second kappa shape index (κ2) is 6.54. The number of fused-ring (bicyclic) bond motifs is 1. The lowest BCUT2D eigenvalue weighted by Gasteiger charge is -2.24. The summed E-state index contributed by atoms with van der Waals surface area (Å²) in [6.45, 7) is 1.84. The average Bonchev–Trinajstić information content (AvgIpc) is 3.09. The SMILES string of the molecule is O=S(=O)(c1ccccc1)n1ccc2cccc(OC3CCNCC3)c21. The van der Waals surface area contributed by atoms with Crippen LogP contribution in [0.15, 0.2) is 65.7 Å². The summed E-state index contributed by atoms with van der Waals surface area (Å²) in [4.78, 5) is 0.268. The van der Waals surface area contributed by atoms with Crippen molar-refractivity contribution in [3.63, 3.8) is 0 Å². The highest BCUT2D eigenvalue weighted by Crippen LogP contribution is 2.31. The predicted octanol–water partition coefficient (Wildman–Crippen LogP) is 3.01. The van der Waals surface area contributed by atoms with Crippen molar-refractivity contribution >= 4 is 20.9 Å². The number of ether oxygens (including phenoxy) is 1. The number of rotatable bonds is 4. The first kappa shape index (κ1) is 16.2. The van der Waals surface area contributed by atoms with Gasteiger partial charge in [-0.15, -0.1) is 0 Å². The van der Waals surface area contributed by atoms with Crippen LogP contribution in [0, 0.1) is 0 Å². The number of hydrogen-bond acceptors (Lipinski definition) is 4. The summed E-state index contributed by atoms with van der Waals surface area (Å²) in [6.07, 6.45) is 3.54. The second-order valence-electron chi connectivity index (χ2n) is 6.19. The normalized spacial score (nSPS) is 16.2. The molecule has 1 aliphatic heterocycles. The Morgan fingerprint density at radius 3 is 2.48 bits per heavy atom. The molecule has 0 atom stereocenters. The minimum Gasteiger partial charge on any atom is -0.488 e. The molecule has 4 rings (SSSR count). The van der Waals surface area contributed by atoms with E-state index in [-0.39, 0.29) is 11.0 Å². The summed E-state index contributed by atoms with van der Waals surface area (Å²) in [5.74, 6) is 0.619. The zero-order valence-corrected chi connectivity index (χ0v) is 14.6. The summed E-state index contributed by atoms with van der Waals surface area (Å²) in [5, 5.41) is 4.16. The fraction of sp³-hybridized carbons (Fsp3) is 0.263. The molecule has 1 fully saturated rings. The van der Waals surface area contributed by atoms with Crippen LogP contribution in [0.5, 0.6) is 5.75 Å². The molecule has 3 aromatic rings. The Morgan fingerprint density at radius 2 is 1.72 bits per heavy atom. The highest BCUT2D eigenvalue weighted by molar-refractivity contribution is 7.90. The molecule has 25 heavy (non-hydrogen) atoms. The molecular formula is C19H20N2O3S. The van der Waals surface area contributed by atoms with E-state index in [2.05, 4.69) is 5.32 Å². The smallest absolute Gasteiger partial charge is 0.268 e. The van der Waals surface area contributed by atoms with Crippen LogP contribution in [-0.2, 0) is 10.0 Å². The molecule has 1 aromatic heterocycles. The lowest BCUT2D eigenvalue weighted by Crippen LogP contribution is -2.34. The Balaban J connectivity index is 1.80. The quantitative estimate of drug-likeness (QED) is 0.781. The van der Waals surface area contributed by atoms with Gasteiger partial charge in [-0.3, -0.25) is 0 Å². The molecule has 6 heteroatoms. The molecule has 2 heterocycles. The maximum atomic E-state index is 13.1. The van der Waals surface area contributed by atoms with E-state index in [1.807, 2.05) is 24.3 Å². The Bertz CT molecular complexity index is 974. The van der Waals surface area contributed by atoms with Gasteiger partial charge in [0.2, 0.25) is 0 Å². The van der Waals surface area contributed by atoms with E-state index in [1.54, 1.807) is 36.5 Å². The minimum absolute atomic E-state index is 0.106. The van der Waals surface area contributed by atoms with Crippen molar-refractivity contribution in [2.45, 2.75) is 23.8 Å². The molecule has 1 saturated heterocycles. The Labute approximate surface area is 147 Å². The van der Waals surface area contributed by atoms with E-state index in [9.17, 15) is 8.42 Å². The molecule has 1 N–H and O–H groups in total. The minimum atomic E-state index is -3.66. The topological polar surface area (TPSA) is 60.3 Å². The average molecular weight is 356 g/mol. The van der Waals surface area contributed by atoms with Gasteiger partial charge in [-0.2, -0.15) is 0 Å². The number of hydrogen-bond donors (Lipinski definition) is 1. The summed E-state index contributed by atoms with van der Waals surface area (Å²) in [5.41, 5.74) is 0.602. The fourth-order valence-electron chi connectivity index (χ4n) is 3.23. The van der Waals surface area contributed by atoms with Crippen molar-refractivity contribution in [3.8, 4) is 5.75 Å². The van der Waals surface area contributed by atoms with Crippen molar-refractivity contribution in [2.75, 3.05) is 13.1 Å². The highest BCUT2D eigenvalue weighted by atomic mass is 32.2. The van der Waals surface area contributed by atoms with Gasteiger partial charge in [-0.05, 0) is 50.2 Å². The standard InChI is InChI=1S/C19H20N2O3S/c22-25(23,17-6-2-1-3-7-17)21-14-11-15-5-4-8-18(19(15)21)24-16-9-12-20-13-10-16/h1-8,11,14,16,20H,9-10,12-13H2. The maximum absolute atomic E-state index is 13.1. The van der Waals surface area contributed by atoms with E-state index in [4.69, 9.17) is 4.74 Å². The van der Waals surface area contributed by atoms with E-state index < -0.39 is 10.0 Å². The van der Waals surface area contributed by atoms with E-state index in [1.165, 1.54) is 3.97 Å². The van der Waals surface area contributed by atoms with E-state index in [0.29, 0.717) is 11.3 Å². The Hall–Kier alpha value is -2.31. The van der Waals surface area contributed by atoms with Crippen molar-refractivity contribution in [3.05, 3.63) is 60.8 Å². The van der Waals surface area contributed by atoms with Gasteiger partial charge >= 0.3 is 0 Å². The number of benzene rings is 2. The van der Waals surface area contributed by atoms with Crippen molar-refractivity contribution in [2.24, 2.45) is 0 Å².